The lowest BCUT2D eigenvalue weighted by Gasteiger charge is -2.06. The van der Waals surface area contributed by atoms with Gasteiger partial charge in [-0.1, -0.05) is 12.1 Å². The maximum atomic E-state index is 11.2. The molecule has 0 radical (unpaired) electrons. The largest absolute Gasteiger partial charge is 0.387 e. The number of amides is 1. The summed E-state index contributed by atoms with van der Waals surface area (Å²) in [6.07, 6.45) is 0. The van der Waals surface area contributed by atoms with Crippen LogP contribution < -0.4 is 10.6 Å². The summed E-state index contributed by atoms with van der Waals surface area (Å²) in [6.45, 7) is 0. The van der Waals surface area contributed by atoms with Crippen molar-refractivity contribution >= 4 is 24.0 Å². The van der Waals surface area contributed by atoms with Crippen LogP contribution >= 0.6 is 12.4 Å². The molecular weight excluding hydrogens is 188 g/mol. The van der Waals surface area contributed by atoms with E-state index < -0.39 is 0 Å². The molecule has 0 bridgehead atoms. The van der Waals surface area contributed by atoms with Crippen LogP contribution in [0.3, 0.4) is 0 Å². The zero-order valence-corrected chi connectivity index (χ0v) is 8.44. The first-order valence-electron chi connectivity index (χ1n) is 3.78. The summed E-state index contributed by atoms with van der Waals surface area (Å²) in [6, 6.07) is 7.37. The van der Waals surface area contributed by atoms with Crippen LogP contribution in [0.5, 0.6) is 0 Å². The molecule has 3 nitrogen and oxygen atoms in total. The lowest BCUT2D eigenvalue weighted by molar-refractivity contribution is 0.0964. The zero-order valence-electron chi connectivity index (χ0n) is 7.63. The first-order valence-corrected chi connectivity index (χ1v) is 3.78. The number of para-hydroxylation sites is 1. The number of halogens is 1. The molecule has 0 saturated heterocycles. The van der Waals surface area contributed by atoms with Gasteiger partial charge in [0.2, 0.25) is 0 Å². The lowest BCUT2D eigenvalue weighted by atomic mass is 10.1. The highest BCUT2D eigenvalue weighted by molar-refractivity contribution is 5.99. The molecule has 1 rings (SSSR count). The molecule has 0 aliphatic heterocycles. The third-order valence-corrected chi connectivity index (χ3v) is 1.67. The van der Waals surface area contributed by atoms with Crippen molar-refractivity contribution in [1.82, 2.24) is 5.32 Å². The summed E-state index contributed by atoms with van der Waals surface area (Å²) in [5, 5.41) is 5.53. The van der Waals surface area contributed by atoms with Crippen LogP contribution in [0.25, 0.3) is 0 Å². The summed E-state index contributed by atoms with van der Waals surface area (Å²) >= 11 is 0. The van der Waals surface area contributed by atoms with Crippen molar-refractivity contribution in [2.75, 3.05) is 19.4 Å². The topological polar surface area (TPSA) is 41.1 Å². The molecule has 13 heavy (non-hydrogen) atoms. The van der Waals surface area contributed by atoms with Gasteiger partial charge >= 0.3 is 0 Å². The van der Waals surface area contributed by atoms with E-state index in [1.165, 1.54) is 0 Å². The quantitative estimate of drug-likeness (QED) is 0.760. The second-order valence-electron chi connectivity index (χ2n) is 2.37. The number of rotatable bonds is 2. The lowest BCUT2D eigenvalue weighted by Crippen LogP contribution is -2.18. The van der Waals surface area contributed by atoms with Crippen molar-refractivity contribution in [3.63, 3.8) is 0 Å². The van der Waals surface area contributed by atoms with E-state index in [9.17, 15) is 4.79 Å². The molecule has 1 aromatic rings. The number of hydrogen-bond acceptors (Lipinski definition) is 2. The van der Waals surface area contributed by atoms with E-state index in [0.29, 0.717) is 5.56 Å². The van der Waals surface area contributed by atoms with Gasteiger partial charge in [-0.05, 0) is 12.1 Å². The summed E-state index contributed by atoms with van der Waals surface area (Å²) in [4.78, 5) is 11.2. The predicted octanol–water partition coefficient (Wildman–Crippen LogP) is 1.51. The SMILES string of the molecule is CNC(=O)c1ccccc1NC.Cl. The molecule has 0 unspecified atom stereocenters. The van der Waals surface area contributed by atoms with E-state index in [1.807, 2.05) is 18.2 Å². The molecule has 4 heteroatoms. The summed E-state index contributed by atoms with van der Waals surface area (Å²) in [5.74, 6) is -0.0695. The van der Waals surface area contributed by atoms with Crippen LogP contribution in [0.1, 0.15) is 10.4 Å². The molecule has 1 aromatic carbocycles. The van der Waals surface area contributed by atoms with Crippen molar-refractivity contribution in [2.45, 2.75) is 0 Å². The Labute approximate surface area is 83.9 Å². The number of carbonyl (C=O) groups is 1. The Bertz CT molecular complexity index is 289. The minimum atomic E-state index is -0.0695. The van der Waals surface area contributed by atoms with Crippen molar-refractivity contribution in [2.24, 2.45) is 0 Å². The zero-order chi connectivity index (χ0) is 8.97. The molecule has 72 valence electrons. The van der Waals surface area contributed by atoms with E-state index in [2.05, 4.69) is 10.6 Å². The third kappa shape index (κ3) is 2.63. The molecular formula is C9H13ClN2O. The van der Waals surface area contributed by atoms with Crippen LogP contribution in [0.2, 0.25) is 0 Å². The fourth-order valence-corrected chi connectivity index (χ4v) is 1.03. The van der Waals surface area contributed by atoms with Crippen molar-refractivity contribution in [1.29, 1.82) is 0 Å². The molecule has 0 heterocycles. The van der Waals surface area contributed by atoms with Crippen molar-refractivity contribution in [3.8, 4) is 0 Å². The molecule has 0 aliphatic carbocycles. The maximum Gasteiger partial charge on any atom is 0.253 e. The molecule has 0 spiro atoms. The summed E-state index contributed by atoms with van der Waals surface area (Å²) < 4.78 is 0. The van der Waals surface area contributed by atoms with Gasteiger partial charge in [-0.2, -0.15) is 0 Å². The fraction of sp³-hybridized carbons (Fsp3) is 0.222. The van der Waals surface area contributed by atoms with Gasteiger partial charge in [0.1, 0.15) is 0 Å². The van der Waals surface area contributed by atoms with Crippen molar-refractivity contribution < 1.29 is 4.79 Å². The van der Waals surface area contributed by atoms with E-state index >= 15 is 0 Å². The minimum Gasteiger partial charge on any atom is -0.387 e. The van der Waals surface area contributed by atoms with E-state index in [0.717, 1.165) is 5.69 Å². The minimum absolute atomic E-state index is 0. The molecule has 0 aliphatic rings. The van der Waals surface area contributed by atoms with E-state index in [1.54, 1.807) is 20.2 Å². The van der Waals surface area contributed by atoms with Gasteiger partial charge in [-0.25, -0.2) is 0 Å². The number of carbonyl (C=O) groups excluding carboxylic acids is 1. The number of anilines is 1. The van der Waals surface area contributed by atoms with Gasteiger partial charge in [0.15, 0.2) is 0 Å². The number of benzene rings is 1. The van der Waals surface area contributed by atoms with Gasteiger partial charge in [0.05, 0.1) is 5.56 Å². The summed E-state index contributed by atoms with van der Waals surface area (Å²) in [5.41, 5.74) is 1.51. The highest BCUT2D eigenvalue weighted by Gasteiger charge is 2.06. The molecule has 0 aromatic heterocycles. The standard InChI is InChI=1S/C9H12N2O.ClH/c1-10-8-6-4-3-5-7(8)9(12)11-2;/h3-6,10H,1-2H3,(H,11,12);1H. The Hall–Kier alpha value is -1.22. The highest BCUT2D eigenvalue weighted by atomic mass is 35.5. The second-order valence-corrected chi connectivity index (χ2v) is 2.37. The Morgan fingerprint density at radius 3 is 2.38 bits per heavy atom. The Morgan fingerprint density at radius 1 is 1.23 bits per heavy atom. The van der Waals surface area contributed by atoms with Crippen LogP contribution in [0.4, 0.5) is 5.69 Å². The van der Waals surface area contributed by atoms with E-state index in [-0.39, 0.29) is 18.3 Å². The fourth-order valence-electron chi connectivity index (χ4n) is 1.03. The van der Waals surface area contributed by atoms with Crippen LogP contribution in [-0.4, -0.2) is 20.0 Å². The normalized spacial score (nSPS) is 8.46. The van der Waals surface area contributed by atoms with Gasteiger partial charge in [0.25, 0.3) is 5.91 Å². The highest BCUT2D eigenvalue weighted by Crippen LogP contribution is 2.13. The smallest absolute Gasteiger partial charge is 0.253 e. The Balaban J connectivity index is 0.00000144. The molecule has 0 fully saturated rings. The number of nitrogens with one attached hydrogen (secondary N) is 2. The average Bonchev–Trinajstić information content (AvgIpc) is 2.16. The van der Waals surface area contributed by atoms with Crippen LogP contribution in [0.15, 0.2) is 24.3 Å². The monoisotopic (exact) mass is 200 g/mol. The Morgan fingerprint density at radius 2 is 1.85 bits per heavy atom. The summed E-state index contributed by atoms with van der Waals surface area (Å²) in [7, 11) is 3.41. The number of hydrogen-bond donors (Lipinski definition) is 2. The third-order valence-electron chi connectivity index (χ3n) is 1.67. The van der Waals surface area contributed by atoms with E-state index in [4.69, 9.17) is 0 Å². The molecule has 0 saturated carbocycles. The van der Waals surface area contributed by atoms with Crippen LogP contribution in [-0.2, 0) is 0 Å². The van der Waals surface area contributed by atoms with Gasteiger partial charge in [-0.15, -0.1) is 12.4 Å². The van der Waals surface area contributed by atoms with Crippen LogP contribution in [0, 0.1) is 0 Å². The first-order chi connectivity index (χ1) is 5.79. The van der Waals surface area contributed by atoms with Gasteiger partial charge < -0.3 is 10.6 Å². The molecule has 0 atom stereocenters. The second kappa shape index (κ2) is 5.43. The molecule has 2 N–H and O–H groups in total. The maximum absolute atomic E-state index is 11.2. The van der Waals surface area contributed by atoms with Gasteiger partial charge in [0, 0.05) is 19.8 Å². The van der Waals surface area contributed by atoms with Crippen molar-refractivity contribution in [3.05, 3.63) is 29.8 Å². The average molecular weight is 201 g/mol. The van der Waals surface area contributed by atoms with Gasteiger partial charge in [-0.3, -0.25) is 4.79 Å². The Kier molecular flexibility index (Phi) is 4.92. The molecule has 1 amide bonds. The predicted molar refractivity (Wildman–Crippen MR) is 56.6 cm³/mol. The first kappa shape index (κ1) is 11.8.